The Morgan fingerprint density at radius 1 is 0.914 bits per heavy atom. The van der Waals surface area contributed by atoms with Gasteiger partial charge in [-0.25, -0.2) is 5.01 Å². The molecule has 0 aromatic heterocycles. The Balaban J connectivity index is 1.26. The summed E-state index contributed by atoms with van der Waals surface area (Å²) in [4.78, 5) is 15.8. The van der Waals surface area contributed by atoms with Gasteiger partial charge in [-0.3, -0.25) is 9.69 Å². The van der Waals surface area contributed by atoms with Crippen LogP contribution in [0.15, 0.2) is 90.0 Å². The minimum atomic E-state index is -0.0979. The number of methoxy groups -OCH3 is 1. The predicted octanol–water partition coefficient (Wildman–Crippen LogP) is 5.33. The fourth-order valence-electron chi connectivity index (χ4n) is 5.19. The Bertz CT molecular complexity index is 1140. The van der Waals surface area contributed by atoms with E-state index in [1.54, 1.807) is 12.1 Å². The van der Waals surface area contributed by atoms with Crippen LogP contribution in [0.5, 0.6) is 5.75 Å². The van der Waals surface area contributed by atoms with Crippen LogP contribution in [-0.4, -0.2) is 48.3 Å². The second kappa shape index (κ2) is 10.9. The summed E-state index contributed by atoms with van der Waals surface area (Å²) >= 11 is 0. The summed E-state index contributed by atoms with van der Waals surface area (Å²) in [5, 5.41) is 6.56. The Morgan fingerprint density at radius 3 is 2.23 bits per heavy atom. The molecule has 2 heterocycles. The van der Waals surface area contributed by atoms with Gasteiger partial charge in [0.2, 0.25) is 0 Å². The van der Waals surface area contributed by atoms with Crippen LogP contribution in [0.3, 0.4) is 0 Å². The van der Waals surface area contributed by atoms with Gasteiger partial charge < -0.3 is 4.74 Å². The number of hydrogen-bond acceptors (Lipinski definition) is 4. The van der Waals surface area contributed by atoms with Gasteiger partial charge in [0.1, 0.15) is 5.75 Å². The number of hydrogen-bond donors (Lipinski definition) is 0. The van der Waals surface area contributed by atoms with E-state index in [-0.39, 0.29) is 11.9 Å². The Hall–Kier alpha value is -3.44. The summed E-state index contributed by atoms with van der Waals surface area (Å²) < 4.78 is 5.33. The highest BCUT2D eigenvalue weighted by Gasteiger charge is 2.34. The molecule has 180 valence electrons. The number of carbonyl (C=O) groups excluding carboxylic acids is 1. The van der Waals surface area contributed by atoms with Gasteiger partial charge in [0.05, 0.1) is 25.4 Å². The maximum absolute atomic E-state index is 13.5. The van der Waals surface area contributed by atoms with E-state index in [1.165, 1.54) is 5.56 Å². The zero-order valence-corrected chi connectivity index (χ0v) is 20.3. The molecule has 0 radical (unpaired) electrons. The van der Waals surface area contributed by atoms with Gasteiger partial charge in [0.25, 0.3) is 5.91 Å². The first-order valence-electron chi connectivity index (χ1n) is 12.5. The van der Waals surface area contributed by atoms with E-state index in [2.05, 4.69) is 47.4 Å². The minimum absolute atomic E-state index is 0.0678. The molecule has 3 aromatic rings. The second-order valence-corrected chi connectivity index (χ2v) is 9.55. The highest BCUT2D eigenvalue weighted by Crippen LogP contribution is 2.34. The number of carbonyl (C=O) groups is 1. The highest BCUT2D eigenvalue weighted by molar-refractivity contribution is 6.03. The average molecular weight is 468 g/mol. The van der Waals surface area contributed by atoms with E-state index in [0.29, 0.717) is 18.9 Å². The van der Waals surface area contributed by atoms with Crippen LogP contribution in [0.1, 0.15) is 42.0 Å². The lowest BCUT2D eigenvalue weighted by atomic mass is 9.90. The number of likely N-dealkylation sites (tertiary alicyclic amines) is 1. The van der Waals surface area contributed by atoms with Crippen molar-refractivity contribution in [3.8, 4) is 5.75 Å². The molecule has 5 nitrogen and oxygen atoms in total. The third kappa shape index (κ3) is 5.63. The van der Waals surface area contributed by atoms with Crippen molar-refractivity contribution in [2.75, 3.05) is 26.7 Å². The molecule has 1 saturated heterocycles. The minimum Gasteiger partial charge on any atom is -0.497 e. The molecule has 35 heavy (non-hydrogen) atoms. The summed E-state index contributed by atoms with van der Waals surface area (Å²) in [6.07, 6.45) is 4.09. The molecule has 0 saturated carbocycles. The van der Waals surface area contributed by atoms with Crippen LogP contribution in [0.4, 0.5) is 0 Å². The van der Waals surface area contributed by atoms with Gasteiger partial charge in [0.15, 0.2) is 0 Å². The second-order valence-electron chi connectivity index (χ2n) is 9.55. The van der Waals surface area contributed by atoms with Crippen molar-refractivity contribution in [1.29, 1.82) is 0 Å². The van der Waals surface area contributed by atoms with E-state index >= 15 is 0 Å². The standard InChI is InChI=1S/C30H33N3O2/c1-35-27-14-12-26(13-15-27)29-21-28(25-10-6-3-7-11-25)31-33(29)30(34)22-32-18-16-24(17-19-32)20-23-8-4-2-5-9-23/h2-15,24,29H,16-22H2,1H3/t29-/m0/s1. The molecule has 3 aromatic carbocycles. The molecule has 2 aliphatic rings. The summed E-state index contributed by atoms with van der Waals surface area (Å²) in [6.45, 7) is 2.33. The van der Waals surface area contributed by atoms with Crippen LogP contribution in [-0.2, 0) is 11.2 Å². The Morgan fingerprint density at radius 2 is 1.57 bits per heavy atom. The van der Waals surface area contributed by atoms with Crippen molar-refractivity contribution in [2.45, 2.75) is 31.7 Å². The normalized spacial score (nSPS) is 18.9. The fourth-order valence-corrected chi connectivity index (χ4v) is 5.19. The SMILES string of the molecule is COc1ccc([C@@H]2CC(c3ccccc3)=NN2C(=O)CN2CCC(Cc3ccccc3)CC2)cc1. The molecular weight excluding hydrogens is 434 g/mol. The van der Waals surface area contributed by atoms with E-state index in [4.69, 9.17) is 9.84 Å². The average Bonchev–Trinajstić information content (AvgIpc) is 3.37. The van der Waals surface area contributed by atoms with E-state index in [1.807, 2.05) is 42.5 Å². The molecule has 2 aliphatic heterocycles. The number of piperidine rings is 1. The molecular formula is C30H33N3O2. The zero-order chi connectivity index (χ0) is 24.0. The van der Waals surface area contributed by atoms with Crippen molar-refractivity contribution in [2.24, 2.45) is 11.0 Å². The third-order valence-electron chi connectivity index (χ3n) is 7.21. The largest absolute Gasteiger partial charge is 0.497 e. The van der Waals surface area contributed by atoms with Gasteiger partial charge in [-0.1, -0.05) is 72.8 Å². The number of amides is 1. The summed E-state index contributed by atoms with van der Waals surface area (Å²) in [7, 11) is 1.67. The lowest BCUT2D eigenvalue weighted by molar-refractivity contribution is -0.134. The number of rotatable bonds is 7. The molecule has 5 heteroatoms. The first kappa shape index (κ1) is 23.3. The Kier molecular flexibility index (Phi) is 7.24. The highest BCUT2D eigenvalue weighted by atomic mass is 16.5. The van der Waals surface area contributed by atoms with Crippen LogP contribution in [0.2, 0.25) is 0 Å². The van der Waals surface area contributed by atoms with E-state index in [9.17, 15) is 4.79 Å². The molecule has 0 aliphatic carbocycles. The molecule has 1 atom stereocenters. The van der Waals surface area contributed by atoms with Crippen molar-refractivity contribution >= 4 is 11.6 Å². The third-order valence-corrected chi connectivity index (χ3v) is 7.21. The molecule has 0 N–H and O–H groups in total. The zero-order valence-electron chi connectivity index (χ0n) is 20.3. The lowest BCUT2D eigenvalue weighted by Gasteiger charge is -2.33. The molecule has 0 unspecified atom stereocenters. The topological polar surface area (TPSA) is 45.1 Å². The molecule has 1 fully saturated rings. The van der Waals surface area contributed by atoms with Gasteiger partial charge in [-0.05, 0) is 67.1 Å². The van der Waals surface area contributed by atoms with Crippen LogP contribution in [0, 0.1) is 5.92 Å². The molecule has 1 amide bonds. The van der Waals surface area contributed by atoms with Gasteiger partial charge in [-0.2, -0.15) is 5.10 Å². The number of hydrazone groups is 1. The van der Waals surface area contributed by atoms with Crippen molar-refractivity contribution in [3.05, 3.63) is 102 Å². The van der Waals surface area contributed by atoms with Gasteiger partial charge >= 0.3 is 0 Å². The summed E-state index contributed by atoms with van der Waals surface area (Å²) in [6, 6.07) is 28.8. The molecule has 0 bridgehead atoms. The number of benzene rings is 3. The van der Waals surface area contributed by atoms with Gasteiger partial charge in [0, 0.05) is 6.42 Å². The number of nitrogens with zero attached hydrogens (tertiary/aromatic N) is 3. The van der Waals surface area contributed by atoms with Crippen LogP contribution < -0.4 is 4.74 Å². The van der Waals surface area contributed by atoms with Crippen LogP contribution in [0.25, 0.3) is 0 Å². The summed E-state index contributed by atoms with van der Waals surface area (Å²) in [5.41, 5.74) is 4.52. The van der Waals surface area contributed by atoms with Gasteiger partial charge in [-0.15, -0.1) is 0 Å². The number of ether oxygens (including phenoxy) is 1. The van der Waals surface area contributed by atoms with E-state index in [0.717, 1.165) is 54.9 Å². The first-order chi connectivity index (χ1) is 17.2. The predicted molar refractivity (Wildman–Crippen MR) is 139 cm³/mol. The smallest absolute Gasteiger partial charge is 0.257 e. The van der Waals surface area contributed by atoms with E-state index < -0.39 is 0 Å². The summed E-state index contributed by atoms with van der Waals surface area (Å²) in [5.74, 6) is 1.57. The van der Waals surface area contributed by atoms with Crippen LogP contribution >= 0.6 is 0 Å². The lowest BCUT2D eigenvalue weighted by Crippen LogP contribution is -2.42. The van der Waals surface area contributed by atoms with Crippen molar-refractivity contribution in [3.63, 3.8) is 0 Å². The Labute approximate surface area is 208 Å². The monoisotopic (exact) mass is 467 g/mol. The first-order valence-corrected chi connectivity index (χ1v) is 12.5. The molecule has 5 rings (SSSR count). The fraction of sp³-hybridized carbons (Fsp3) is 0.333. The maximum atomic E-state index is 13.5. The van der Waals surface area contributed by atoms with Crippen molar-refractivity contribution in [1.82, 2.24) is 9.91 Å². The van der Waals surface area contributed by atoms with Crippen molar-refractivity contribution < 1.29 is 9.53 Å². The quantitative estimate of drug-likeness (QED) is 0.472. The maximum Gasteiger partial charge on any atom is 0.257 e. The molecule has 0 spiro atoms.